The average Bonchev–Trinajstić information content (AvgIpc) is 4.10. The fourth-order valence-electron chi connectivity index (χ4n) is 13.6. The number of hydrogen-bond acceptors (Lipinski definition) is 2. The highest BCUT2D eigenvalue weighted by Crippen LogP contribution is 2.69. The van der Waals surface area contributed by atoms with Gasteiger partial charge in [0.1, 0.15) is 0 Å². The van der Waals surface area contributed by atoms with Crippen LogP contribution < -0.4 is 9.80 Å². The third-order valence-electron chi connectivity index (χ3n) is 16.2. The maximum absolute atomic E-state index is 2.69. The van der Waals surface area contributed by atoms with Crippen LogP contribution in [0.15, 0.2) is 188 Å². The SMILES string of the molecule is c1ccc(N(c2ccccc2)c2cccc3c2C24c5c(cccc5N(c5ccc6c(c5)Cc5ccccc5-6)c5ccccc5-c5ccc(C6CCCCC6)cc5)CC2CCC4C3)cc1. The molecule has 3 atom stereocenters. The zero-order chi connectivity index (χ0) is 42.2. The molecule has 0 aromatic heterocycles. The summed E-state index contributed by atoms with van der Waals surface area (Å²) in [5.74, 6) is 1.74. The highest BCUT2D eigenvalue weighted by Gasteiger charge is 2.62. The maximum Gasteiger partial charge on any atom is 0.0540 e. The van der Waals surface area contributed by atoms with E-state index < -0.39 is 0 Å². The van der Waals surface area contributed by atoms with Crippen molar-refractivity contribution in [2.45, 2.75) is 75.5 Å². The van der Waals surface area contributed by atoms with Gasteiger partial charge in [-0.1, -0.05) is 153 Å². The highest BCUT2D eigenvalue weighted by atomic mass is 15.2. The Bertz CT molecular complexity index is 2990. The number of nitrogens with zero attached hydrogens (tertiary/aromatic N) is 2. The normalized spacial score (nSPS) is 20.2. The largest absolute Gasteiger partial charge is 0.310 e. The molecule has 0 saturated heterocycles. The van der Waals surface area contributed by atoms with Gasteiger partial charge in [0.15, 0.2) is 0 Å². The van der Waals surface area contributed by atoms with Crippen molar-refractivity contribution in [2.24, 2.45) is 11.8 Å². The first-order chi connectivity index (χ1) is 31.7. The van der Waals surface area contributed by atoms with E-state index in [4.69, 9.17) is 0 Å². The van der Waals surface area contributed by atoms with E-state index in [0.29, 0.717) is 17.8 Å². The fraction of sp³-hybridized carbons (Fsp3) is 0.226. The molecule has 5 aliphatic carbocycles. The second kappa shape index (κ2) is 15.3. The van der Waals surface area contributed by atoms with Gasteiger partial charge in [0.2, 0.25) is 0 Å². The summed E-state index contributed by atoms with van der Waals surface area (Å²) in [7, 11) is 0. The van der Waals surface area contributed by atoms with Crippen LogP contribution in [0, 0.1) is 11.8 Å². The van der Waals surface area contributed by atoms with E-state index in [9.17, 15) is 0 Å². The molecule has 64 heavy (non-hydrogen) atoms. The Labute approximate surface area is 378 Å². The molecule has 0 amide bonds. The lowest BCUT2D eigenvalue weighted by molar-refractivity contribution is 0.350. The van der Waals surface area contributed by atoms with Gasteiger partial charge < -0.3 is 9.80 Å². The van der Waals surface area contributed by atoms with E-state index in [-0.39, 0.29) is 5.41 Å². The van der Waals surface area contributed by atoms with Crippen molar-refractivity contribution in [2.75, 3.05) is 9.80 Å². The van der Waals surface area contributed by atoms with Gasteiger partial charge in [-0.05, 0) is 173 Å². The van der Waals surface area contributed by atoms with Crippen molar-refractivity contribution in [3.8, 4) is 22.3 Å². The number of benzene rings is 8. The smallest absolute Gasteiger partial charge is 0.0540 e. The van der Waals surface area contributed by atoms with E-state index in [0.717, 1.165) is 19.3 Å². The van der Waals surface area contributed by atoms with Crippen LogP contribution >= 0.6 is 0 Å². The van der Waals surface area contributed by atoms with E-state index >= 15 is 0 Å². The van der Waals surface area contributed by atoms with Gasteiger partial charge in [0.05, 0.1) is 17.1 Å². The minimum Gasteiger partial charge on any atom is -0.310 e. The van der Waals surface area contributed by atoms with Crippen molar-refractivity contribution in [1.29, 1.82) is 0 Å². The maximum atomic E-state index is 2.69. The number of fused-ring (bicyclic) bond motifs is 5. The van der Waals surface area contributed by atoms with E-state index in [2.05, 4.69) is 198 Å². The van der Waals surface area contributed by atoms with Gasteiger partial charge in [-0.3, -0.25) is 0 Å². The van der Waals surface area contributed by atoms with Crippen LogP contribution in [0.3, 0.4) is 0 Å². The molecule has 0 bridgehead atoms. The van der Waals surface area contributed by atoms with Crippen LogP contribution in [0.2, 0.25) is 0 Å². The summed E-state index contributed by atoms with van der Waals surface area (Å²) >= 11 is 0. The van der Waals surface area contributed by atoms with Crippen molar-refractivity contribution < 1.29 is 0 Å². The summed E-state index contributed by atoms with van der Waals surface area (Å²) in [5.41, 5.74) is 23.2. The quantitative estimate of drug-likeness (QED) is 0.151. The predicted molar refractivity (Wildman–Crippen MR) is 266 cm³/mol. The molecule has 2 fully saturated rings. The molecule has 0 radical (unpaired) electrons. The lowest BCUT2D eigenvalue weighted by atomic mass is 9.68. The molecule has 8 aromatic rings. The van der Waals surface area contributed by atoms with Crippen molar-refractivity contribution in [1.82, 2.24) is 0 Å². The first-order valence-electron chi connectivity index (χ1n) is 24.1. The van der Waals surface area contributed by atoms with Crippen LogP contribution in [-0.2, 0) is 24.7 Å². The Morgan fingerprint density at radius 3 is 1.59 bits per heavy atom. The molecule has 1 spiro atoms. The van der Waals surface area contributed by atoms with Gasteiger partial charge in [-0.25, -0.2) is 0 Å². The number of rotatable bonds is 8. The second-order valence-electron chi connectivity index (χ2n) is 19.4. The topological polar surface area (TPSA) is 6.48 Å². The Balaban J connectivity index is 1.03. The fourth-order valence-corrected chi connectivity index (χ4v) is 13.6. The molecule has 0 aliphatic heterocycles. The summed E-state index contributed by atoms with van der Waals surface area (Å²) in [6.07, 6.45) is 12.4. The monoisotopic (exact) mass is 826 g/mol. The molecule has 3 unspecified atom stereocenters. The number of para-hydroxylation sites is 3. The van der Waals surface area contributed by atoms with Gasteiger partial charge in [-0.2, -0.15) is 0 Å². The van der Waals surface area contributed by atoms with E-state index in [1.165, 1.54) is 129 Å². The molecule has 13 rings (SSSR count). The summed E-state index contributed by atoms with van der Waals surface area (Å²) in [6, 6.07) is 72.0. The predicted octanol–water partition coefficient (Wildman–Crippen LogP) is 16.3. The third kappa shape index (κ3) is 5.84. The molecule has 2 nitrogen and oxygen atoms in total. The zero-order valence-corrected chi connectivity index (χ0v) is 36.6. The number of hydrogen-bond donors (Lipinski definition) is 0. The Hall–Kier alpha value is -6.64. The Morgan fingerprint density at radius 2 is 0.922 bits per heavy atom. The van der Waals surface area contributed by atoms with Crippen LogP contribution in [0.25, 0.3) is 22.3 Å². The summed E-state index contributed by atoms with van der Waals surface area (Å²) in [6.45, 7) is 0. The third-order valence-corrected chi connectivity index (χ3v) is 16.2. The first kappa shape index (κ1) is 37.9. The van der Waals surface area contributed by atoms with Gasteiger partial charge in [0, 0.05) is 28.0 Å². The summed E-state index contributed by atoms with van der Waals surface area (Å²) in [4.78, 5) is 5.24. The molecule has 2 heteroatoms. The number of anilines is 6. The minimum atomic E-state index is -0.124. The van der Waals surface area contributed by atoms with Crippen LogP contribution in [-0.4, -0.2) is 0 Å². The molecule has 2 saturated carbocycles. The van der Waals surface area contributed by atoms with Gasteiger partial charge in [0.25, 0.3) is 0 Å². The molecule has 8 aromatic carbocycles. The molecular formula is C62H54N2. The van der Waals surface area contributed by atoms with Gasteiger partial charge >= 0.3 is 0 Å². The molecular weight excluding hydrogens is 773 g/mol. The summed E-state index contributed by atoms with van der Waals surface area (Å²) in [5, 5.41) is 0. The molecule has 0 N–H and O–H groups in total. The first-order valence-corrected chi connectivity index (χ1v) is 24.1. The zero-order valence-electron chi connectivity index (χ0n) is 36.6. The lowest BCUT2D eigenvalue weighted by Gasteiger charge is -2.40. The molecule has 5 aliphatic rings. The highest BCUT2D eigenvalue weighted by molar-refractivity contribution is 5.93. The average molecular weight is 827 g/mol. The van der Waals surface area contributed by atoms with Crippen molar-refractivity contribution >= 4 is 34.1 Å². The Morgan fingerprint density at radius 1 is 0.375 bits per heavy atom. The van der Waals surface area contributed by atoms with E-state index in [1.807, 2.05) is 0 Å². The van der Waals surface area contributed by atoms with Crippen LogP contribution in [0.5, 0.6) is 0 Å². The van der Waals surface area contributed by atoms with Crippen LogP contribution in [0.4, 0.5) is 34.1 Å². The van der Waals surface area contributed by atoms with Gasteiger partial charge in [-0.15, -0.1) is 0 Å². The lowest BCUT2D eigenvalue weighted by Crippen LogP contribution is -2.34. The van der Waals surface area contributed by atoms with Crippen molar-refractivity contribution in [3.05, 3.63) is 227 Å². The van der Waals surface area contributed by atoms with Crippen molar-refractivity contribution in [3.63, 3.8) is 0 Å². The van der Waals surface area contributed by atoms with E-state index in [1.54, 1.807) is 11.1 Å². The summed E-state index contributed by atoms with van der Waals surface area (Å²) < 4.78 is 0. The van der Waals surface area contributed by atoms with Crippen LogP contribution in [0.1, 0.15) is 89.8 Å². The Kier molecular flexibility index (Phi) is 9.04. The standard InChI is InChI=1S/C62H54N2/c1-4-16-42(17-5-1)43-30-32-44(33-31-43)56-26-12-13-27-57(56)64(53-36-37-55-48(41-53)38-45-18-10-11-25-54(45)55)59-29-15-20-47-40-50-35-34-49-39-46-19-14-28-58(60(46)62(49,50)61(47)59)63(51-21-6-2-7-22-51)52-23-8-3-9-24-52/h2-3,6-15,18-33,36-37,41-42,49-50H,1,4-5,16-17,34-35,38-40H2. The molecule has 0 heterocycles. The minimum absolute atomic E-state index is 0.124. The second-order valence-corrected chi connectivity index (χ2v) is 19.4. The molecule has 312 valence electrons.